The molecule has 7 nitrogen and oxygen atoms in total. The van der Waals surface area contributed by atoms with Gasteiger partial charge in [0.15, 0.2) is 0 Å². The molecule has 10 heteroatoms. The molecule has 0 radical (unpaired) electrons. The molecule has 0 aliphatic heterocycles. The van der Waals surface area contributed by atoms with Crippen LogP contribution in [0.1, 0.15) is 45.2 Å². The van der Waals surface area contributed by atoms with Crippen molar-refractivity contribution in [1.82, 2.24) is 10.2 Å². The molecular weight excluding hydrogens is 581 g/mol. The van der Waals surface area contributed by atoms with Gasteiger partial charge in [-0.1, -0.05) is 93.4 Å². The quantitative estimate of drug-likeness (QED) is 0.243. The summed E-state index contributed by atoms with van der Waals surface area (Å²) in [6.45, 7) is 7.63. The number of benzene rings is 3. The van der Waals surface area contributed by atoms with Crippen LogP contribution in [0, 0.1) is 5.92 Å². The van der Waals surface area contributed by atoms with Crippen molar-refractivity contribution in [2.45, 2.75) is 58.0 Å². The van der Waals surface area contributed by atoms with Crippen molar-refractivity contribution in [2.75, 3.05) is 17.4 Å². The minimum absolute atomic E-state index is 0.00289. The molecule has 0 aliphatic carbocycles. The number of amides is 2. The molecule has 1 unspecified atom stereocenters. The van der Waals surface area contributed by atoms with Gasteiger partial charge in [-0.05, 0) is 60.2 Å². The van der Waals surface area contributed by atoms with Crippen molar-refractivity contribution in [3.8, 4) is 0 Å². The summed E-state index contributed by atoms with van der Waals surface area (Å²) in [7, 11) is -4.13. The van der Waals surface area contributed by atoms with Crippen LogP contribution >= 0.6 is 23.2 Å². The molecule has 3 rings (SSSR count). The van der Waals surface area contributed by atoms with Gasteiger partial charge in [0.2, 0.25) is 11.8 Å². The highest BCUT2D eigenvalue weighted by Gasteiger charge is 2.34. The van der Waals surface area contributed by atoms with E-state index >= 15 is 0 Å². The Hall–Kier alpha value is -3.07. The number of hydrogen-bond acceptors (Lipinski definition) is 4. The van der Waals surface area contributed by atoms with E-state index in [1.165, 1.54) is 17.0 Å². The van der Waals surface area contributed by atoms with Crippen molar-refractivity contribution in [3.05, 3.63) is 94.0 Å². The van der Waals surface area contributed by atoms with Gasteiger partial charge >= 0.3 is 0 Å². The number of halogens is 2. The normalized spacial score (nSPS) is 12.2. The van der Waals surface area contributed by atoms with Crippen molar-refractivity contribution in [2.24, 2.45) is 5.92 Å². The summed E-state index contributed by atoms with van der Waals surface area (Å²) < 4.78 is 29.1. The molecule has 0 aromatic heterocycles. The average Bonchev–Trinajstić information content (AvgIpc) is 2.96. The standard InChI is InChI=1S/C31H37Cl2N3O4S/c1-5-23-12-10-11-15-29(23)36(41(39,40)26-13-8-7-9-14-26)21-30(37)35(20-24-16-17-25(32)18-27(24)33)28(6-2)31(38)34-19-22(3)4/h7-18,22,28H,5-6,19-21H2,1-4H3,(H,34,38). The van der Waals surface area contributed by atoms with Gasteiger partial charge in [0.1, 0.15) is 12.6 Å². The van der Waals surface area contributed by atoms with Crippen molar-refractivity contribution in [3.63, 3.8) is 0 Å². The zero-order valence-electron chi connectivity index (χ0n) is 23.8. The van der Waals surface area contributed by atoms with Crippen LogP contribution in [0.3, 0.4) is 0 Å². The molecule has 2 amide bonds. The summed E-state index contributed by atoms with van der Waals surface area (Å²) in [5, 5.41) is 3.70. The van der Waals surface area contributed by atoms with Gasteiger partial charge < -0.3 is 10.2 Å². The van der Waals surface area contributed by atoms with E-state index in [0.717, 1.165) is 9.87 Å². The maximum absolute atomic E-state index is 14.2. The molecule has 0 saturated carbocycles. The van der Waals surface area contributed by atoms with Gasteiger partial charge in [0, 0.05) is 23.1 Å². The van der Waals surface area contributed by atoms with Crippen LogP contribution in [0.15, 0.2) is 77.7 Å². The number of carbonyl (C=O) groups is 2. The summed E-state index contributed by atoms with van der Waals surface area (Å²) in [6.07, 6.45) is 0.877. The lowest BCUT2D eigenvalue weighted by atomic mass is 10.1. The molecule has 0 heterocycles. The van der Waals surface area contributed by atoms with E-state index in [9.17, 15) is 18.0 Å². The van der Waals surface area contributed by atoms with Crippen LogP contribution in [-0.2, 0) is 32.6 Å². The summed E-state index contributed by atoms with van der Waals surface area (Å²) >= 11 is 12.6. The van der Waals surface area contributed by atoms with E-state index in [0.29, 0.717) is 40.7 Å². The monoisotopic (exact) mass is 617 g/mol. The van der Waals surface area contributed by atoms with Gasteiger partial charge in [-0.25, -0.2) is 8.42 Å². The molecule has 0 saturated heterocycles. The Labute approximate surface area is 253 Å². The predicted molar refractivity (Wildman–Crippen MR) is 166 cm³/mol. The summed E-state index contributed by atoms with van der Waals surface area (Å²) in [4.78, 5) is 29.0. The zero-order valence-corrected chi connectivity index (χ0v) is 26.1. The van der Waals surface area contributed by atoms with E-state index in [2.05, 4.69) is 5.32 Å². The smallest absolute Gasteiger partial charge is 0.264 e. The number of anilines is 1. The fourth-order valence-electron chi connectivity index (χ4n) is 4.46. The summed E-state index contributed by atoms with van der Waals surface area (Å²) in [6, 6.07) is 19.2. The van der Waals surface area contributed by atoms with Crippen molar-refractivity contribution in [1.29, 1.82) is 0 Å². The molecular formula is C31H37Cl2N3O4S. The van der Waals surface area contributed by atoms with Gasteiger partial charge in [-0.15, -0.1) is 0 Å². The molecule has 0 bridgehead atoms. The molecule has 0 fully saturated rings. The molecule has 3 aromatic carbocycles. The minimum atomic E-state index is -4.13. The van der Waals surface area contributed by atoms with Crippen LogP contribution in [0.25, 0.3) is 0 Å². The van der Waals surface area contributed by atoms with E-state index in [1.807, 2.05) is 39.8 Å². The highest BCUT2D eigenvalue weighted by molar-refractivity contribution is 7.92. The summed E-state index contributed by atoms with van der Waals surface area (Å²) in [5.74, 6) is -0.637. The second-order valence-electron chi connectivity index (χ2n) is 10.1. The number of nitrogens with one attached hydrogen (secondary N) is 1. The highest BCUT2D eigenvalue weighted by atomic mass is 35.5. The zero-order chi connectivity index (χ0) is 30.2. The first-order valence-electron chi connectivity index (χ1n) is 13.7. The number of sulfonamides is 1. The molecule has 41 heavy (non-hydrogen) atoms. The van der Waals surface area contributed by atoms with E-state index in [-0.39, 0.29) is 23.3 Å². The first-order chi connectivity index (χ1) is 19.5. The van der Waals surface area contributed by atoms with Crippen molar-refractivity contribution >= 4 is 50.7 Å². The van der Waals surface area contributed by atoms with E-state index in [4.69, 9.17) is 23.2 Å². The first kappa shape index (κ1) is 32.4. The molecule has 1 atom stereocenters. The molecule has 220 valence electrons. The highest BCUT2D eigenvalue weighted by Crippen LogP contribution is 2.29. The van der Waals surface area contributed by atoms with Crippen LogP contribution in [0.5, 0.6) is 0 Å². The third-order valence-corrected chi connectivity index (χ3v) is 9.04. The Morgan fingerprint density at radius 3 is 2.17 bits per heavy atom. The van der Waals surface area contributed by atoms with Crippen LogP contribution < -0.4 is 9.62 Å². The van der Waals surface area contributed by atoms with E-state index < -0.39 is 28.5 Å². The fourth-order valence-corrected chi connectivity index (χ4v) is 6.40. The topological polar surface area (TPSA) is 86.8 Å². The lowest BCUT2D eigenvalue weighted by molar-refractivity contribution is -0.140. The number of hydrogen-bond donors (Lipinski definition) is 1. The lowest BCUT2D eigenvalue weighted by Gasteiger charge is -2.34. The van der Waals surface area contributed by atoms with E-state index in [1.54, 1.807) is 48.5 Å². The molecule has 3 aromatic rings. The number of aryl methyl sites for hydroxylation is 1. The number of nitrogens with zero attached hydrogens (tertiary/aromatic N) is 2. The third kappa shape index (κ3) is 8.24. The predicted octanol–water partition coefficient (Wildman–Crippen LogP) is 6.33. The van der Waals surface area contributed by atoms with Crippen LogP contribution in [-0.4, -0.2) is 44.3 Å². The van der Waals surface area contributed by atoms with Crippen LogP contribution in [0.2, 0.25) is 10.0 Å². The van der Waals surface area contributed by atoms with Crippen molar-refractivity contribution < 1.29 is 18.0 Å². The van der Waals surface area contributed by atoms with Gasteiger partial charge in [0.05, 0.1) is 10.6 Å². The largest absolute Gasteiger partial charge is 0.354 e. The molecule has 0 aliphatic rings. The summed E-state index contributed by atoms with van der Waals surface area (Å²) in [5.41, 5.74) is 1.77. The van der Waals surface area contributed by atoms with Gasteiger partial charge in [0.25, 0.3) is 10.0 Å². The average molecular weight is 619 g/mol. The Kier molecular flexibility index (Phi) is 11.6. The number of rotatable bonds is 13. The Morgan fingerprint density at radius 1 is 0.902 bits per heavy atom. The van der Waals surface area contributed by atoms with Gasteiger partial charge in [-0.3, -0.25) is 13.9 Å². The minimum Gasteiger partial charge on any atom is -0.354 e. The molecule has 1 N–H and O–H groups in total. The van der Waals surface area contributed by atoms with Gasteiger partial charge in [-0.2, -0.15) is 0 Å². The Bertz CT molecular complexity index is 1450. The van der Waals surface area contributed by atoms with Crippen LogP contribution in [0.4, 0.5) is 5.69 Å². The maximum atomic E-state index is 14.2. The first-order valence-corrected chi connectivity index (χ1v) is 15.9. The SMILES string of the molecule is CCc1ccccc1N(CC(=O)N(Cc1ccc(Cl)cc1Cl)C(CC)C(=O)NCC(C)C)S(=O)(=O)c1ccccc1. The Morgan fingerprint density at radius 2 is 1.56 bits per heavy atom. The fraction of sp³-hybridized carbons (Fsp3) is 0.355. The lowest BCUT2D eigenvalue weighted by Crippen LogP contribution is -2.52. The second kappa shape index (κ2) is 14.7. The number of para-hydroxylation sites is 1. The molecule has 0 spiro atoms. The Balaban J connectivity index is 2.09. The maximum Gasteiger partial charge on any atom is 0.264 e. The third-order valence-electron chi connectivity index (χ3n) is 6.68. The number of carbonyl (C=O) groups excluding carboxylic acids is 2. The second-order valence-corrected chi connectivity index (χ2v) is 12.8.